The highest BCUT2D eigenvalue weighted by molar-refractivity contribution is 5.80. The number of nitriles is 1. The number of carbonyl (C=O) groups is 1. The van der Waals surface area contributed by atoms with E-state index >= 15 is 0 Å². The van der Waals surface area contributed by atoms with Crippen molar-refractivity contribution in [1.82, 2.24) is 5.32 Å². The van der Waals surface area contributed by atoms with Crippen LogP contribution in [0.3, 0.4) is 0 Å². The molecule has 1 rings (SSSR count). The van der Waals surface area contributed by atoms with Gasteiger partial charge in [0, 0.05) is 6.54 Å². The zero-order chi connectivity index (χ0) is 12.0. The Balaban J connectivity index is 2.56. The van der Waals surface area contributed by atoms with Crippen molar-refractivity contribution in [1.29, 1.82) is 5.26 Å². The first-order valence-electron chi connectivity index (χ1n) is 5.40. The van der Waals surface area contributed by atoms with Crippen molar-refractivity contribution in [2.45, 2.75) is 26.8 Å². The SMILES string of the molecule is CCC(C#N)C(=O)NCc1ccccc1C. The molecule has 0 radical (unpaired) electrons. The van der Waals surface area contributed by atoms with Gasteiger partial charge in [-0.25, -0.2) is 0 Å². The molecule has 0 heterocycles. The molecule has 0 saturated heterocycles. The molecule has 1 amide bonds. The van der Waals surface area contributed by atoms with Crippen LogP contribution < -0.4 is 5.32 Å². The van der Waals surface area contributed by atoms with Gasteiger partial charge in [0.05, 0.1) is 6.07 Å². The van der Waals surface area contributed by atoms with Gasteiger partial charge >= 0.3 is 0 Å². The highest BCUT2D eigenvalue weighted by Gasteiger charge is 2.14. The van der Waals surface area contributed by atoms with Crippen LogP contribution in [0.15, 0.2) is 24.3 Å². The van der Waals surface area contributed by atoms with Crippen LogP contribution >= 0.6 is 0 Å². The molecule has 0 spiro atoms. The third-order valence-electron chi connectivity index (χ3n) is 2.59. The maximum Gasteiger partial charge on any atom is 0.237 e. The molecule has 1 unspecified atom stereocenters. The quantitative estimate of drug-likeness (QED) is 0.838. The third-order valence-corrected chi connectivity index (χ3v) is 2.59. The molecular formula is C13H16N2O. The van der Waals surface area contributed by atoms with E-state index in [1.165, 1.54) is 0 Å². The molecule has 0 aliphatic rings. The van der Waals surface area contributed by atoms with E-state index in [-0.39, 0.29) is 5.91 Å². The summed E-state index contributed by atoms with van der Waals surface area (Å²) in [6.45, 7) is 4.33. The van der Waals surface area contributed by atoms with Gasteiger partial charge in [-0.1, -0.05) is 31.2 Å². The number of amides is 1. The Labute approximate surface area is 96.1 Å². The van der Waals surface area contributed by atoms with E-state index in [9.17, 15) is 4.79 Å². The van der Waals surface area contributed by atoms with Crippen molar-refractivity contribution in [2.75, 3.05) is 0 Å². The molecule has 1 aromatic rings. The number of benzene rings is 1. The van der Waals surface area contributed by atoms with E-state index in [1.807, 2.05) is 44.2 Å². The molecule has 16 heavy (non-hydrogen) atoms. The van der Waals surface area contributed by atoms with Gasteiger partial charge in [0.25, 0.3) is 0 Å². The van der Waals surface area contributed by atoms with Gasteiger partial charge in [-0.15, -0.1) is 0 Å². The smallest absolute Gasteiger partial charge is 0.237 e. The zero-order valence-corrected chi connectivity index (χ0v) is 9.66. The molecule has 0 bridgehead atoms. The summed E-state index contributed by atoms with van der Waals surface area (Å²) in [6.07, 6.45) is 0.552. The second-order valence-corrected chi connectivity index (χ2v) is 3.73. The zero-order valence-electron chi connectivity index (χ0n) is 9.66. The van der Waals surface area contributed by atoms with E-state index in [0.29, 0.717) is 13.0 Å². The molecule has 3 nitrogen and oxygen atoms in total. The Morgan fingerprint density at radius 1 is 1.50 bits per heavy atom. The minimum absolute atomic E-state index is 0.187. The lowest BCUT2D eigenvalue weighted by Gasteiger charge is -2.09. The van der Waals surface area contributed by atoms with Crippen LogP contribution in [0, 0.1) is 24.2 Å². The summed E-state index contributed by atoms with van der Waals surface area (Å²) in [6, 6.07) is 9.87. The number of aryl methyl sites for hydroxylation is 1. The van der Waals surface area contributed by atoms with Gasteiger partial charge in [-0.05, 0) is 24.5 Å². The van der Waals surface area contributed by atoms with Crippen molar-refractivity contribution in [3.8, 4) is 6.07 Å². The lowest BCUT2D eigenvalue weighted by molar-refractivity contribution is -0.123. The molecule has 1 atom stereocenters. The fourth-order valence-electron chi connectivity index (χ4n) is 1.45. The average molecular weight is 216 g/mol. The molecular weight excluding hydrogens is 200 g/mol. The van der Waals surface area contributed by atoms with Gasteiger partial charge in [0.15, 0.2) is 0 Å². The number of carbonyl (C=O) groups excluding carboxylic acids is 1. The van der Waals surface area contributed by atoms with Crippen LogP contribution in [0.2, 0.25) is 0 Å². The van der Waals surface area contributed by atoms with Crippen LogP contribution in [0.4, 0.5) is 0 Å². The standard InChI is InChI=1S/C13H16N2O/c1-3-11(8-14)13(16)15-9-12-7-5-4-6-10(12)2/h4-7,11H,3,9H2,1-2H3,(H,15,16). The van der Waals surface area contributed by atoms with E-state index in [4.69, 9.17) is 5.26 Å². The van der Waals surface area contributed by atoms with E-state index in [1.54, 1.807) is 0 Å². The van der Waals surface area contributed by atoms with E-state index < -0.39 is 5.92 Å². The highest BCUT2D eigenvalue weighted by atomic mass is 16.1. The molecule has 0 aliphatic heterocycles. The van der Waals surface area contributed by atoms with Gasteiger partial charge in [0.2, 0.25) is 5.91 Å². The number of rotatable bonds is 4. The summed E-state index contributed by atoms with van der Waals surface area (Å²) in [4.78, 5) is 11.6. The van der Waals surface area contributed by atoms with Crippen molar-refractivity contribution in [3.05, 3.63) is 35.4 Å². The minimum Gasteiger partial charge on any atom is -0.351 e. The first kappa shape index (κ1) is 12.3. The Bertz CT molecular complexity index is 407. The summed E-state index contributed by atoms with van der Waals surface area (Å²) in [5, 5.41) is 11.5. The summed E-state index contributed by atoms with van der Waals surface area (Å²) in [5.41, 5.74) is 2.23. The van der Waals surface area contributed by atoms with Crippen molar-refractivity contribution in [2.24, 2.45) is 5.92 Å². The monoisotopic (exact) mass is 216 g/mol. The fraction of sp³-hybridized carbons (Fsp3) is 0.385. The first-order valence-corrected chi connectivity index (χ1v) is 5.40. The molecule has 0 aliphatic carbocycles. The fourth-order valence-corrected chi connectivity index (χ4v) is 1.45. The predicted molar refractivity (Wildman–Crippen MR) is 62.4 cm³/mol. The van der Waals surface area contributed by atoms with Crippen molar-refractivity contribution >= 4 is 5.91 Å². The van der Waals surface area contributed by atoms with Gasteiger partial charge < -0.3 is 5.32 Å². The Kier molecular flexibility index (Phi) is 4.53. The molecule has 1 N–H and O–H groups in total. The van der Waals surface area contributed by atoms with Crippen molar-refractivity contribution < 1.29 is 4.79 Å². The summed E-state index contributed by atoms with van der Waals surface area (Å²) < 4.78 is 0. The normalized spacial score (nSPS) is 11.6. The maximum absolute atomic E-state index is 11.6. The van der Waals surface area contributed by atoms with Gasteiger partial charge in [0.1, 0.15) is 5.92 Å². The Morgan fingerprint density at radius 2 is 2.19 bits per heavy atom. The number of hydrogen-bond donors (Lipinski definition) is 1. The molecule has 0 saturated carbocycles. The van der Waals surface area contributed by atoms with Crippen LogP contribution in [-0.2, 0) is 11.3 Å². The molecule has 0 fully saturated rings. The number of hydrogen-bond acceptors (Lipinski definition) is 2. The van der Waals surface area contributed by atoms with Crippen LogP contribution in [0.5, 0.6) is 0 Å². The molecule has 3 heteroatoms. The Hall–Kier alpha value is -1.82. The van der Waals surface area contributed by atoms with Crippen LogP contribution in [-0.4, -0.2) is 5.91 Å². The highest BCUT2D eigenvalue weighted by Crippen LogP contribution is 2.07. The largest absolute Gasteiger partial charge is 0.351 e. The van der Waals surface area contributed by atoms with Crippen LogP contribution in [0.25, 0.3) is 0 Å². The van der Waals surface area contributed by atoms with E-state index in [0.717, 1.165) is 11.1 Å². The maximum atomic E-state index is 11.6. The second kappa shape index (κ2) is 5.92. The number of nitrogens with one attached hydrogen (secondary N) is 1. The van der Waals surface area contributed by atoms with Crippen LogP contribution in [0.1, 0.15) is 24.5 Å². The Morgan fingerprint density at radius 3 is 2.75 bits per heavy atom. The predicted octanol–water partition coefficient (Wildman–Crippen LogP) is 2.16. The molecule has 0 aromatic heterocycles. The third kappa shape index (κ3) is 3.09. The second-order valence-electron chi connectivity index (χ2n) is 3.73. The summed E-state index contributed by atoms with van der Waals surface area (Å²) >= 11 is 0. The number of nitrogens with zero attached hydrogens (tertiary/aromatic N) is 1. The summed E-state index contributed by atoms with van der Waals surface area (Å²) in [7, 11) is 0. The average Bonchev–Trinajstić information content (AvgIpc) is 2.29. The van der Waals surface area contributed by atoms with E-state index in [2.05, 4.69) is 5.32 Å². The van der Waals surface area contributed by atoms with Gasteiger partial charge in [-0.3, -0.25) is 4.79 Å². The topological polar surface area (TPSA) is 52.9 Å². The minimum atomic E-state index is -0.538. The molecule has 1 aromatic carbocycles. The van der Waals surface area contributed by atoms with Crippen molar-refractivity contribution in [3.63, 3.8) is 0 Å². The lowest BCUT2D eigenvalue weighted by Crippen LogP contribution is -2.29. The first-order chi connectivity index (χ1) is 7.69. The molecule has 84 valence electrons. The summed E-state index contributed by atoms with van der Waals surface area (Å²) in [5.74, 6) is -0.725. The van der Waals surface area contributed by atoms with Gasteiger partial charge in [-0.2, -0.15) is 5.26 Å². The lowest BCUT2D eigenvalue weighted by atomic mass is 10.1.